The van der Waals surface area contributed by atoms with Crippen molar-refractivity contribution in [2.45, 2.75) is 27.2 Å². The fourth-order valence-corrected chi connectivity index (χ4v) is 4.14. The van der Waals surface area contributed by atoms with Crippen LogP contribution in [0.5, 0.6) is 11.6 Å². The number of nitrogens with zero attached hydrogens (tertiary/aromatic N) is 1. The minimum atomic E-state index is -0.962. The van der Waals surface area contributed by atoms with Crippen LogP contribution in [0, 0.1) is 13.8 Å². The highest BCUT2D eigenvalue weighted by Gasteiger charge is 2.15. The molecule has 0 spiro atoms. The Hall–Kier alpha value is -4.44. The first kappa shape index (κ1) is 24.7. The van der Waals surface area contributed by atoms with Crippen molar-refractivity contribution < 1.29 is 14.6 Å². The molecule has 0 fully saturated rings. The van der Waals surface area contributed by atoms with E-state index >= 15 is 0 Å². The van der Waals surface area contributed by atoms with Gasteiger partial charge in [-0.3, -0.25) is 0 Å². The minimum absolute atomic E-state index is 0.552. The Bertz CT molecular complexity index is 1420. The van der Waals surface area contributed by atoms with Gasteiger partial charge in [-0.05, 0) is 89.1 Å². The molecule has 36 heavy (non-hydrogen) atoms. The molecular formula is C32H29NO3. The molecule has 0 saturated carbocycles. The molecule has 4 aromatic rings. The third-order valence-corrected chi connectivity index (χ3v) is 6.11. The van der Waals surface area contributed by atoms with Crippen molar-refractivity contribution >= 4 is 23.2 Å². The Morgan fingerprint density at radius 3 is 2.31 bits per heavy atom. The zero-order valence-electron chi connectivity index (χ0n) is 20.7. The summed E-state index contributed by atoms with van der Waals surface area (Å²) in [7, 11) is 0. The molecule has 0 aliphatic carbocycles. The number of hydrogen-bond acceptors (Lipinski definition) is 3. The lowest BCUT2D eigenvalue weighted by Gasteiger charge is -2.18. The topological polar surface area (TPSA) is 59.4 Å². The summed E-state index contributed by atoms with van der Waals surface area (Å²) in [6.07, 6.45) is 5.28. The first-order valence-electron chi connectivity index (χ1n) is 12.0. The van der Waals surface area contributed by atoms with E-state index in [1.54, 1.807) is 12.3 Å². The Morgan fingerprint density at radius 2 is 1.64 bits per heavy atom. The third-order valence-electron chi connectivity index (χ3n) is 6.11. The predicted molar refractivity (Wildman–Crippen MR) is 146 cm³/mol. The summed E-state index contributed by atoms with van der Waals surface area (Å²) in [6, 6.07) is 28.2. The Balaban J connectivity index is 1.84. The Kier molecular flexibility index (Phi) is 7.76. The van der Waals surface area contributed by atoms with E-state index in [1.165, 1.54) is 16.7 Å². The van der Waals surface area contributed by atoms with Crippen molar-refractivity contribution in [3.8, 4) is 11.6 Å². The smallest absolute Gasteiger partial charge is 0.328 e. The maximum atomic E-state index is 10.9. The number of hydrogen-bond donors (Lipinski definition) is 1. The lowest BCUT2D eigenvalue weighted by atomic mass is 9.87. The standard InChI is InChI=1S/C32H29NO3/c1-4-29(26-8-7-9-28(21-26)36-30-10-5-6-19-33-30)32(27-15-11-22(2)23(3)20-27)25-16-12-24(13-17-25)14-18-31(34)35/h5-21H,4H2,1-3H3,(H,34,35). The average Bonchev–Trinajstić information content (AvgIpc) is 2.89. The fourth-order valence-electron chi connectivity index (χ4n) is 4.14. The van der Waals surface area contributed by atoms with Crippen LogP contribution >= 0.6 is 0 Å². The van der Waals surface area contributed by atoms with E-state index in [0.29, 0.717) is 5.88 Å². The molecule has 4 rings (SSSR count). The maximum absolute atomic E-state index is 10.9. The Labute approximate surface area is 212 Å². The van der Waals surface area contributed by atoms with Crippen molar-refractivity contribution in [2.24, 2.45) is 0 Å². The predicted octanol–water partition coefficient (Wildman–Crippen LogP) is 7.96. The molecule has 0 saturated heterocycles. The normalized spacial score (nSPS) is 11.9. The van der Waals surface area contributed by atoms with Gasteiger partial charge in [0.2, 0.25) is 5.88 Å². The largest absolute Gasteiger partial charge is 0.478 e. The highest BCUT2D eigenvalue weighted by Crippen LogP contribution is 2.36. The van der Waals surface area contributed by atoms with Crippen LogP contribution in [0.3, 0.4) is 0 Å². The molecule has 1 N–H and O–H groups in total. The second kappa shape index (κ2) is 11.3. The van der Waals surface area contributed by atoms with Crippen LogP contribution in [-0.2, 0) is 4.79 Å². The molecule has 0 radical (unpaired) electrons. The number of aromatic nitrogens is 1. The van der Waals surface area contributed by atoms with Gasteiger partial charge < -0.3 is 9.84 Å². The quantitative estimate of drug-likeness (QED) is 0.207. The van der Waals surface area contributed by atoms with Crippen molar-refractivity contribution in [1.29, 1.82) is 0 Å². The summed E-state index contributed by atoms with van der Waals surface area (Å²) in [6.45, 7) is 6.40. The van der Waals surface area contributed by atoms with Gasteiger partial charge in [0, 0.05) is 18.3 Å². The Morgan fingerprint density at radius 1 is 0.861 bits per heavy atom. The van der Waals surface area contributed by atoms with Crippen LogP contribution in [0.25, 0.3) is 17.2 Å². The van der Waals surface area contributed by atoms with Crippen LogP contribution in [0.15, 0.2) is 97.2 Å². The second-order valence-corrected chi connectivity index (χ2v) is 8.60. The summed E-state index contributed by atoms with van der Waals surface area (Å²) >= 11 is 0. The van der Waals surface area contributed by atoms with Crippen LogP contribution in [0.2, 0.25) is 0 Å². The van der Waals surface area contributed by atoms with Gasteiger partial charge in [0.1, 0.15) is 5.75 Å². The molecule has 4 nitrogen and oxygen atoms in total. The molecule has 3 aromatic carbocycles. The van der Waals surface area contributed by atoms with Crippen molar-refractivity contribution in [1.82, 2.24) is 4.98 Å². The molecule has 0 unspecified atom stereocenters. The van der Waals surface area contributed by atoms with Gasteiger partial charge in [-0.1, -0.05) is 67.6 Å². The molecule has 0 bridgehead atoms. The number of benzene rings is 3. The monoisotopic (exact) mass is 475 g/mol. The molecule has 1 aromatic heterocycles. The SMILES string of the molecule is CCC(=C(c1ccc(C=CC(=O)O)cc1)c1ccc(C)c(C)c1)c1cccc(Oc2ccccn2)c1. The van der Waals surface area contributed by atoms with E-state index < -0.39 is 5.97 Å². The number of carbonyl (C=O) groups is 1. The number of allylic oxidation sites excluding steroid dienone is 1. The highest BCUT2D eigenvalue weighted by molar-refractivity contribution is 5.99. The number of aliphatic carboxylic acids is 1. The fraction of sp³-hybridized carbons (Fsp3) is 0.125. The second-order valence-electron chi connectivity index (χ2n) is 8.60. The number of pyridine rings is 1. The van der Waals surface area contributed by atoms with Gasteiger partial charge in [-0.25, -0.2) is 9.78 Å². The first-order chi connectivity index (χ1) is 17.4. The van der Waals surface area contributed by atoms with Crippen molar-refractivity contribution in [2.75, 3.05) is 0 Å². The number of ether oxygens (including phenoxy) is 1. The van der Waals surface area contributed by atoms with Gasteiger partial charge in [0.05, 0.1) is 0 Å². The summed E-state index contributed by atoms with van der Waals surface area (Å²) in [5.74, 6) is 0.317. The summed E-state index contributed by atoms with van der Waals surface area (Å²) in [5, 5.41) is 8.95. The molecular weight excluding hydrogens is 446 g/mol. The molecule has 180 valence electrons. The van der Waals surface area contributed by atoms with Crippen molar-refractivity contribution in [3.05, 3.63) is 131 Å². The first-order valence-corrected chi connectivity index (χ1v) is 12.0. The zero-order chi connectivity index (χ0) is 25.5. The molecule has 0 amide bonds. The summed E-state index contributed by atoms with van der Waals surface area (Å²) in [4.78, 5) is 15.2. The maximum Gasteiger partial charge on any atom is 0.328 e. The lowest BCUT2D eigenvalue weighted by molar-refractivity contribution is -0.131. The minimum Gasteiger partial charge on any atom is -0.478 e. The van der Waals surface area contributed by atoms with Crippen LogP contribution in [-0.4, -0.2) is 16.1 Å². The van der Waals surface area contributed by atoms with Gasteiger partial charge in [0.25, 0.3) is 0 Å². The number of aryl methyl sites for hydroxylation is 2. The average molecular weight is 476 g/mol. The third kappa shape index (κ3) is 5.97. The van der Waals surface area contributed by atoms with E-state index in [4.69, 9.17) is 9.84 Å². The van der Waals surface area contributed by atoms with E-state index in [9.17, 15) is 4.79 Å². The van der Waals surface area contributed by atoms with Crippen LogP contribution in [0.1, 0.15) is 46.7 Å². The van der Waals surface area contributed by atoms with Gasteiger partial charge in [-0.15, -0.1) is 0 Å². The van der Waals surface area contributed by atoms with Crippen LogP contribution < -0.4 is 4.74 Å². The summed E-state index contributed by atoms with van der Waals surface area (Å²) < 4.78 is 6.01. The molecule has 4 heteroatoms. The number of carboxylic acid groups (broad SMARTS) is 1. The molecule has 0 atom stereocenters. The highest BCUT2D eigenvalue weighted by atomic mass is 16.5. The molecule has 0 aliphatic rings. The molecule has 1 heterocycles. The van der Waals surface area contributed by atoms with Gasteiger partial charge in [0.15, 0.2) is 0 Å². The molecule has 0 aliphatic heterocycles. The van der Waals surface area contributed by atoms with E-state index in [1.807, 2.05) is 42.5 Å². The van der Waals surface area contributed by atoms with E-state index in [-0.39, 0.29) is 0 Å². The van der Waals surface area contributed by atoms with Gasteiger partial charge in [-0.2, -0.15) is 0 Å². The zero-order valence-corrected chi connectivity index (χ0v) is 20.7. The van der Waals surface area contributed by atoms with Gasteiger partial charge >= 0.3 is 5.97 Å². The lowest BCUT2D eigenvalue weighted by Crippen LogP contribution is -1.97. The number of carboxylic acids is 1. The summed E-state index contributed by atoms with van der Waals surface area (Å²) in [5.41, 5.74) is 8.93. The number of rotatable bonds is 8. The van der Waals surface area contributed by atoms with Crippen LogP contribution in [0.4, 0.5) is 0 Å². The van der Waals surface area contributed by atoms with Crippen molar-refractivity contribution in [3.63, 3.8) is 0 Å². The van der Waals surface area contributed by atoms with E-state index in [2.05, 4.69) is 68.2 Å². The van der Waals surface area contributed by atoms with E-state index in [0.717, 1.165) is 46.1 Å².